The number of carboxylic acids is 1. The molecule has 1 aliphatic rings. The molecule has 8 nitrogen and oxygen atoms in total. The van der Waals surface area contributed by atoms with Crippen LogP contribution in [-0.2, 0) is 9.59 Å². The minimum absolute atomic E-state index is 0.359. The molecule has 188 valence electrons. The predicted molar refractivity (Wildman–Crippen MR) is 137 cm³/mol. The van der Waals surface area contributed by atoms with Crippen molar-refractivity contribution in [3.05, 3.63) is 40.6 Å². The van der Waals surface area contributed by atoms with Gasteiger partial charge in [-0.2, -0.15) is 0 Å². The highest BCUT2D eigenvalue weighted by Crippen LogP contribution is 2.44. The average molecular weight is 482 g/mol. The Kier molecular flexibility index (Phi) is 8.38. The molecule has 1 saturated carbocycles. The molecular weight excluding hydrogens is 446 g/mol. The largest absolute Gasteiger partial charge is 0.496 e. The van der Waals surface area contributed by atoms with Crippen molar-refractivity contribution >= 4 is 23.8 Å². The Morgan fingerprint density at radius 2 is 1.77 bits per heavy atom. The van der Waals surface area contributed by atoms with Crippen molar-refractivity contribution in [3.8, 4) is 22.6 Å². The van der Waals surface area contributed by atoms with Gasteiger partial charge in [0.25, 0.3) is 0 Å². The van der Waals surface area contributed by atoms with Gasteiger partial charge in [0, 0.05) is 45.6 Å². The van der Waals surface area contributed by atoms with Gasteiger partial charge in [0.2, 0.25) is 5.91 Å². The fraction of sp³-hybridized carbons (Fsp3) is 0.444. The van der Waals surface area contributed by atoms with E-state index >= 15 is 0 Å². The number of rotatable bonds is 9. The second-order valence-corrected chi connectivity index (χ2v) is 9.02. The SMILES string of the molecule is COc1c(C)c(-c2ccc(NC3CCCC3)nc2)c(OC)c(C)c1C=C(C)C(=O)N[C@H](C)C(=O)O. The molecule has 0 radical (unpaired) electrons. The number of hydrogen-bond donors (Lipinski definition) is 3. The highest BCUT2D eigenvalue weighted by Gasteiger charge is 2.23. The van der Waals surface area contributed by atoms with E-state index in [9.17, 15) is 9.59 Å². The van der Waals surface area contributed by atoms with Gasteiger partial charge in [-0.3, -0.25) is 9.59 Å². The number of nitrogens with zero attached hydrogens (tertiary/aromatic N) is 1. The van der Waals surface area contributed by atoms with E-state index < -0.39 is 17.9 Å². The lowest BCUT2D eigenvalue weighted by Gasteiger charge is -2.21. The number of hydrogen-bond acceptors (Lipinski definition) is 6. The normalized spacial score (nSPS) is 15.0. The van der Waals surface area contributed by atoms with Gasteiger partial charge in [-0.05, 0) is 58.7 Å². The zero-order valence-corrected chi connectivity index (χ0v) is 21.3. The van der Waals surface area contributed by atoms with Crippen LogP contribution in [0, 0.1) is 13.8 Å². The maximum Gasteiger partial charge on any atom is 0.325 e. The molecule has 2 aromatic rings. The zero-order chi connectivity index (χ0) is 25.7. The molecule has 0 bridgehead atoms. The van der Waals surface area contributed by atoms with Crippen molar-refractivity contribution in [1.82, 2.24) is 10.3 Å². The first-order valence-corrected chi connectivity index (χ1v) is 11.9. The second-order valence-electron chi connectivity index (χ2n) is 9.02. The maximum absolute atomic E-state index is 12.5. The molecule has 8 heteroatoms. The van der Waals surface area contributed by atoms with Crippen molar-refractivity contribution in [1.29, 1.82) is 0 Å². The number of aliphatic carboxylic acids is 1. The minimum Gasteiger partial charge on any atom is -0.496 e. The monoisotopic (exact) mass is 481 g/mol. The Bertz CT molecular complexity index is 1120. The number of ether oxygens (including phenoxy) is 2. The molecule has 1 aromatic heterocycles. The number of carbonyl (C=O) groups is 2. The van der Waals surface area contributed by atoms with Crippen LogP contribution >= 0.6 is 0 Å². The standard InChI is InChI=1S/C27H35N3O5/c1-15(26(31)29-18(4)27(32)33)13-21-16(2)25(35-6)23(17(3)24(21)34-5)19-11-12-22(28-14-19)30-20-9-7-8-10-20/h11-14,18,20H,7-10H2,1-6H3,(H,28,30)(H,29,31)(H,32,33)/t18-/m1/s1. The maximum atomic E-state index is 12.5. The number of amides is 1. The topological polar surface area (TPSA) is 110 Å². The van der Waals surface area contributed by atoms with E-state index in [-0.39, 0.29) is 0 Å². The van der Waals surface area contributed by atoms with Crippen LogP contribution in [0.25, 0.3) is 17.2 Å². The van der Waals surface area contributed by atoms with E-state index in [0.29, 0.717) is 28.7 Å². The number of aromatic nitrogens is 1. The first-order chi connectivity index (χ1) is 16.7. The van der Waals surface area contributed by atoms with E-state index in [0.717, 1.165) is 28.1 Å². The number of carbonyl (C=O) groups excluding carboxylic acids is 1. The summed E-state index contributed by atoms with van der Waals surface area (Å²) < 4.78 is 11.6. The van der Waals surface area contributed by atoms with Gasteiger partial charge in [0.15, 0.2) is 0 Å². The zero-order valence-electron chi connectivity index (χ0n) is 21.3. The number of anilines is 1. The number of pyridine rings is 1. The van der Waals surface area contributed by atoms with Crippen LogP contribution in [0.3, 0.4) is 0 Å². The Morgan fingerprint density at radius 1 is 1.11 bits per heavy atom. The molecule has 1 amide bonds. The third-order valence-electron chi connectivity index (χ3n) is 6.54. The smallest absolute Gasteiger partial charge is 0.325 e. The van der Waals surface area contributed by atoms with E-state index in [4.69, 9.17) is 14.6 Å². The van der Waals surface area contributed by atoms with Crippen LogP contribution in [0.2, 0.25) is 0 Å². The third kappa shape index (κ3) is 5.75. The summed E-state index contributed by atoms with van der Waals surface area (Å²) in [5.41, 5.74) is 4.49. The summed E-state index contributed by atoms with van der Waals surface area (Å²) in [5.74, 6) is 0.582. The number of carboxylic acid groups (broad SMARTS) is 1. The number of nitrogens with one attached hydrogen (secondary N) is 2. The molecule has 3 rings (SSSR count). The molecule has 3 N–H and O–H groups in total. The molecule has 1 heterocycles. The van der Waals surface area contributed by atoms with Crippen molar-refractivity contribution < 1.29 is 24.2 Å². The number of benzene rings is 1. The van der Waals surface area contributed by atoms with Crippen molar-refractivity contribution in [2.75, 3.05) is 19.5 Å². The molecule has 1 atom stereocenters. The molecule has 0 unspecified atom stereocenters. The minimum atomic E-state index is -1.10. The lowest BCUT2D eigenvalue weighted by molar-refractivity contribution is -0.140. The fourth-order valence-corrected chi connectivity index (χ4v) is 4.57. The summed E-state index contributed by atoms with van der Waals surface area (Å²) in [6.45, 7) is 6.91. The lowest BCUT2D eigenvalue weighted by atomic mass is 9.91. The molecule has 35 heavy (non-hydrogen) atoms. The van der Waals surface area contributed by atoms with Gasteiger partial charge in [0.1, 0.15) is 23.4 Å². The van der Waals surface area contributed by atoms with Gasteiger partial charge >= 0.3 is 5.97 Å². The van der Waals surface area contributed by atoms with Crippen molar-refractivity contribution in [2.45, 2.75) is 65.5 Å². The van der Waals surface area contributed by atoms with Crippen LogP contribution in [0.5, 0.6) is 11.5 Å². The van der Waals surface area contributed by atoms with Crippen molar-refractivity contribution in [2.24, 2.45) is 0 Å². The summed E-state index contributed by atoms with van der Waals surface area (Å²) in [6.07, 6.45) is 8.40. The van der Waals surface area contributed by atoms with E-state index in [1.807, 2.05) is 32.2 Å². The van der Waals surface area contributed by atoms with Crippen molar-refractivity contribution in [3.63, 3.8) is 0 Å². The first kappa shape index (κ1) is 26.1. The van der Waals surface area contributed by atoms with Crippen LogP contribution in [0.4, 0.5) is 5.82 Å². The van der Waals surface area contributed by atoms with Gasteiger partial charge < -0.3 is 25.2 Å². The molecule has 1 aromatic carbocycles. The van der Waals surface area contributed by atoms with Crippen LogP contribution < -0.4 is 20.1 Å². The molecular formula is C27H35N3O5. The average Bonchev–Trinajstić information content (AvgIpc) is 3.34. The van der Waals surface area contributed by atoms with Crippen LogP contribution in [-0.4, -0.2) is 48.3 Å². The summed E-state index contributed by atoms with van der Waals surface area (Å²) in [5, 5.41) is 15.1. The summed E-state index contributed by atoms with van der Waals surface area (Å²) in [6, 6.07) is 3.50. The van der Waals surface area contributed by atoms with E-state index in [2.05, 4.69) is 15.6 Å². The van der Waals surface area contributed by atoms with Crippen LogP contribution in [0.15, 0.2) is 23.9 Å². The molecule has 0 spiro atoms. The Labute approximate surface area is 206 Å². The van der Waals surface area contributed by atoms with Gasteiger partial charge in [-0.15, -0.1) is 0 Å². The third-order valence-corrected chi connectivity index (χ3v) is 6.54. The van der Waals surface area contributed by atoms with E-state index in [1.165, 1.54) is 32.6 Å². The molecule has 1 aliphatic carbocycles. The Balaban J connectivity index is 2.00. The predicted octanol–water partition coefficient (Wildman–Crippen LogP) is 4.73. The highest BCUT2D eigenvalue weighted by molar-refractivity contribution is 6.00. The Hall–Kier alpha value is -3.55. The molecule has 0 aliphatic heterocycles. The number of methoxy groups -OCH3 is 2. The van der Waals surface area contributed by atoms with Gasteiger partial charge in [-0.1, -0.05) is 12.8 Å². The summed E-state index contributed by atoms with van der Waals surface area (Å²) >= 11 is 0. The Morgan fingerprint density at radius 3 is 2.31 bits per heavy atom. The quantitative estimate of drug-likeness (QED) is 0.444. The van der Waals surface area contributed by atoms with Gasteiger partial charge in [-0.25, -0.2) is 4.98 Å². The lowest BCUT2D eigenvalue weighted by Crippen LogP contribution is -2.38. The molecule has 1 fully saturated rings. The highest BCUT2D eigenvalue weighted by atomic mass is 16.5. The first-order valence-electron chi connectivity index (χ1n) is 11.9. The summed E-state index contributed by atoms with van der Waals surface area (Å²) in [4.78, 5) is 28.3. The van der Waals surface area contributed by atoms with Crippen LogP contribution in [0.1, 0.15) is 56.2 Å². The van der Waals surface area contributed by atoms with Gasteiger partial charge in [0.05, 0.1) is 14.2 Å². The fourth-order valence-electron chi connectivity index (χ4n) is 4.57. The molecule has 0 saturated heterocycles. The second kappa shape index (κ2) is 11.3. The summed E-state index contributed by atoms with van der Waals surface area (Å²) in [7, 11) is 3.20. The van der Waals surface area contributed by atoms with E-state index in [1.54, 1.807) is 27.2 Å².